The second-order valence-corrected chi connectivity index (χ2v) is 5.31. The zero-order valence-corrected chi connectivity index (χ0v) is 13.0. The normalized spacial score (nSPS) is 10.3. The first-order valence-corrected chi connectivity index (χ1v) is 7.44. The Morgan fingerprint density at radius 3 is 2.91 bits per heavy atom. The number of carbonyl (C=O) groups is 2. The highest BCUT2D eigenvalue weighted by molar-refractivity contribution is 7.99. The second-order valence-electron chi connectivity index (χ2n) is 4.38. The summed E-state index contributed by atoms with van der Waals surface area (Å²) in [6, 6.07) is 7.69. The van der Waals surface area contributed by atoms with Crippen molar-refractivity contribution in [3.63, 3.8) is 0 Å². The van der Waals surface area contributed by atoms with Crippen LogP contribution >= 0.6 is 11.8 Å². The van der Waals surface area contributed by atoms with Gasteiger partial charge in [-0.25, -0.2) is 0 Å². The average Bonchev–Trinajstić information content (AvgIpc) is 2.99. The molecule has 0 atom stereocenters. The van der Waals surface area contributed by atoms with Gasteiger partial charge in [0, 0.05) is 5.56 Å². The maximum absolute atomic E-state index is 11.5. The Labute approximate surface area is 131 Å². The average molecular weight is 321 g/mol. The Balaban J connectivity index is 1.87. The van der Waals surface area contributed by atoms with Crippen molar-refractivity contribution in [3.05, 3.63) is 29.8 Å². The van der Waals surface area contributed by atoms with Gasteiger partial charge in [-0.05, 0) is 19.1 Å². The van der Waals surface area contributed by atoms with E-state index in [0.717, 1.165) is 22.9 Å². The van der Waals surface area contributed by atoms with E-state index in [1.165, 1.54) is 7.11 Å². The molecule has 7 nitrogen and oxygen atoms in total. The van der Waals surface area contributed by atoms with E-state index in [1.807, 2.05) is 31.2 Å². The molecule has 116 valence electrons. The Morgan fingerprint density at radius 2 is 2.18 bits per heavy atom. The molecule has 0 bridgehead atoms. The molecule has 1 aromatic carbocycles. The Hall–Kier alpha value is -2.35. The largest absolute Gasteiger partial charge is 0.468 e. The smallest absolute Gasteiger partial charge is 0.325 e. The number of benzene rings is 1. The number of nitrogens with zero attached hydrogens (tertiary/aromatic N) is 2. The molecule has 0 aliphatic carbocycles. The van der Waals surface area contributed by atoms with E-state index in [4.69, 9.17) is 4.42 Å². The van der Waals surface area contributed by atoms with Gasteiger partial charge in [0.05, 0.1) is 12.9 Å². The third-order valence-electron chi connectivity index (χ3n) is 2.66. The number of aromatic nitrogens is 2. The quantitative estimate of drug-likeness (QED) is 0.635. The monoisotopic (exact) mass is 321 g/mol. The predicted octanol–water partition coefficient (Wildman–Crippen LogP) is 1.43. The molecule has 0 fully saturated rings. The van der Waals surface area contributed by atoms with Crippen molar-refractivity contribution >= 4 is 23.6 Å². The molecule has 1 amide bonds. The van der Waals surface area contributed by atoms with E-state index in [9.17, 15) is 9.59 Å². The van der Waals surface area contributed by atoms with Crippen molar-refractivity contribution in [2.45, 2.75) is 12.1 Å². The number of hydrogen-bond acceptors (Lipinski definition) is 7. The molecule has 1 aromatic heterocycles. The van der Waals surface area contributed by atoms with Crippen LogP contribution in [0.15, 0.2) is 33.9 Å². The zero-order valence-electron chi connectivity index (χ0n) is 12.2. The fraction of sp³-hybridized carbons (Fsp3) is 0.286. The third kappa shape index (κ3) is 4.59. The molecule has 0 aliphatic rings. The Kier molecular flexibility index (Phi) is 5.54. The minimum absolute atomic E-state index is 0.0758. The van der Waals surface area contributed by atoms with Crippen molar-refractivity contribution in [1.29, 1.82) is 0 Å². The summed E-state index contributed by atoms with van der Waals surface area (Å²) < 4.78 is 9.91. The van der Waals surface area contributed by atoms with E-state index in [1.54, 1.807) is 0 Å². The van der Waals surface area contributed by atoms with Gasteiger partial charge in [0.15, 0.2) is 0 Å². The topological polar surface area (TPSA) is 94.3 Å². The fourth-order valence-electron chi connectivity index (χ4n) is 1.58. The number of ether oxygens (including phenoxy) is 1. The molecular formula is C14H15N3O4S. The van der Waals surface area contributed by atoms with Crippen LogP contribution in [-0.2, 0) is 14.3 Å². The molecule has 0 saturated carbocycles. The molecule has 22 heavy (non-hydrogen) atoms. The highest BCUT2D eigenvalue weighted by Gasteiger charge is 2.12. The Morgan fingerprint density at radius 1 is 1.36 bits per heavy atom. The van der Waals surface area contributed by atoms with Gasteiger partial charge in [-0.3, -0.25) is 9.59 Å². The van der Waals surface area contributed by atoms with Crippen LogP contribution in [0.2, 0.25) is 0 Å². The van der Waals surface area contributed by atoms with Gasteiger partial charge in [0.1, 0.15) is 6.54 Å². The van der Waals surface area contributed by atoms with Crippen molar-refractivity contribution in [2.24, 2.45) is 0 Å². The summed E-state index contributed by atoms with van der Waals surface area (Å²) in [5.74, 6) is -0.336. The van der Waals surface area contributed by atoms with Gasteiger partial charge in [-0.1, -0.05) is 29.5 Å². The second kappa shape index (κ2) is 7.60. The summed E-state index contributed by atoms with van der Waals surface area (Å²) in [6.45, 7) is 1.81. The molecule has 0 aliphatic heterocycles. The molecule has 8 heteroatoms. The lowest BCUT2D eigenvalue weighted by Gasteiger charge is -2.01. The first-order valence-electron chi connectivity index (χ1n) is 6.45. The minimum atomic E-state index is -0.502. The maximum atomic E-state index is 11.5. The fourth-order valence-corrected chi connectivity index (χ4v) is 2.18. The van der Waals surface area contributed by atoms with Crippen molar-refractivity contribution in [2.75, 3.05) is 19.4 Å². The van der Waals surface area contributed by atoms with E-state index >= 15 is 0 Å². The number of nitrogens with one attached hydrogen (secondary N) is 1. The SMILES string of the molecule is COC(=O)CNC(=O)CSc1nnc(-c2cccc(C)c2)o1. The standard InChI is InChI=1S/C14H15N3O4S/c1-9-4-3-5-10(6-9)13-16-17-14(21-13)22-8-11(18)15-7-12(19)20-2/h3-6H,7-8H2,1-2H3,(H,15,18). The predicted molar refractivity (Wildman–Crippen MR) is 80.2 cm³/mol. The molecule has 1 heterocycles. The van der Waals surface area contributed by atoms with Crippen LogP contribution < -0.4 is 5.32 Å². The van der Waals surface area contributed by atoms with Crippen molar-refractivity contribution in [1.82, 2.24) is 15.5 Å². The maximum Gasteiger partial charge on any atom is 0.325 e. The van der Waals surface area contributed by atoms with Crippen LogP contribution in [0, 0.1) is 6.92 Å². The first-order chi connectivity index (χ1) is 10.6. The van der Waals surface area contributed by atoms with Crippen LogP contribution in [0.3, 0.4) is 0 Å². The number of hydrogen-bond donors (Lipinski definition) is 1. The zero-order chi connectivity index (χ0) is 15.9. The molecular weight excluding hydrogens is 306 g/mol. The highest BCUT2D eigenvalue weighted by atomic mass is 32.2. The van der Waals surface area contributed by atoms with Crippen molar-refractivity contribution < 1.29 is 18.7 Å². The minimum Gasteiger partial charge on any atom is -0.468 e. The summed E-state index contributed by atoms with van der Waals surface area (Å²) in [5.41, 5.74) is 1.92. The van der Waals surface area contributed by atoms with Gasteiger partial charge in [0.2, 0.25) is 11.8 Å². The lowest BCUT2D eigenvalue weighted by Crippen LogP contribution is -2.31. The van der Waals surface area contributed by atoms with Gasteiger partial charge in [0.25, 0.3) is 5.22 Å². The van der Waals surface area contributed by atoms with E-state index in [0.29, 0.717) is 11.1 Å². The van der Waals surface area contributed by atoms with Crippen LogP contribution in [0.1, 0.15) is 5.56 Å². The van der Waals surface area contributed by atoms with Crippen LogP contribution in [0.5, 0.6) is 0 Å². The summed E-state index contributed by atoms with van der Waals surface area (Å²) in [6.07, 6.45) is 0. The number of amides is 1. The van der Waals surface area contributed by atoms with Crippen LogP contribution in [-0.4, -0.2) is 41.5 Å². The van der Waals surface area contributed by atoms with Gasteiger partial charge in [-0.2, -0.15) is 0 Å². The molecule has 0 radical (unpaired) electrons. The number of carbonyl (C=O) groups excluding carboxylic acids is 2. The summed E-state index contributed by atoms with van der Waals surface area (Å²) in [4.78, 5) is 22.4. The summed E-state index contributed by atoms with van der Waals surface area (Å²) in [5, 5.41) is 10.6. The van der Waals surface area contributed by atoms with Crippen LogP contribution in [0.4, 0.5) is 0 Å². The van der Waals surface area contributed by atoms with Gasteiger partial charge in [-0.15, -0.1) is 10.2 Å². The summed E-state index contributed by atoms with van der Waals surface area (Å²) in [7, 11) is 1.26. The molecule has 0 unspecified atom stereocenters. The first kappa shape index (κ1) is 16.0. The molecule has 1 N–H and O–H groups in total. The summed E-state index contributed by atoms with van der Waals surface area (Å²) >= 11 is 1.10. The molecule has 2 rings (SSSR count). The van der Waals surface area contributed by atoms with Gasteiger partial charge < -0.3 is 14.5 Å². The third-order valence-corrected chi connectivity index (χ3v) is 3.47. The van der Waals surface area contributed by atoms with Crippen LogP contribution in [0.25, 0.3) is 11.5 Å². The van der Waals surface area contributed by atoms with E-state index in [2.05, 4.69) is 20.3 Å². The number of rotatable bonds is 6. The van der Waals surface area contributed by atoms with E-state index in [-0.39, 0.29) is 18.2 Å². The van der Waals surface area contributed by atoms with Gasteiger partial charge >= 0.3 is 5.97 Å². The number of thioether (sulfide) groups is 1. The van der Waals surface area contributed by atoms with E-state index < -0.39 is 5.97 Å². The molecule has 0 saturated heterocycles. The number of methoxy groups -OCH3 is 1. The number of aryl methyl sites for hydroxylation is 1. The molecule has 0 spiro atoms. The number of esters is 1. The lowest BCUT2D eigenvalue weighted by molar-refractivity contribution is -0.140. The highest BCUT2D eigenvalue weighted by Crippen LogP contribution is 2.23. The Bertz CT molecular complexity index is 672. The molecule has 2 aromatic rings. The van der Waals surface area contributed by atoms with Crippen molar-refractivity contribution in [3.8, 4) is 11.5 Å². The lowest BCUT2D eigenvalue weighted by atomic mass is 10.1.